The largest absolute Gasteiger partial charge is 0.0654 e. The van der Waals surface area contributed by atoms with E-state index in [0.717, 1.165) is 11.8 Å². The Morgan fingerprint density at radius 3 is 1.65 bits per heavy atom. The highest BCUT2D eigenvalue weighted by Crippen LogP contribution is 2.26. The first-order chi connectivity index (χ1) is 9.74. The molecule has 0 rings (SSSR count). The van der Waals surface area contributed by atoms with Crippen molar-refractivity contribution in [2.75, 3.05) is 0 Å². The van der Waals surface area contributed by atoms with Crippen LogP contribution in [0.2, 0.25) is 0 Å². The smallest absolute Gasteiger partial charge is 0.0326 e. The Morgan fingerprint density at radius 1 is 0.600 bits per heavy atom. The molecule has 0 heteroatoms. The van der Waals surface area contributed by atoms with Gasteiger partial charge in [0, 0.05) is 0 Å². The maximum atomic E-state index is 2.70. The quantitative estimate of drug-likeness (QED) is 0.271. The molecule has 0 nitrogen and oxygen atoms in total. The van der Waals surface area contributed by atoms with Crippen LogP contribution in [0.1, 0.15) is 111 Å². The van der Waals surface area contributed by atoms with Crippen LogP contribution in [-0.2, 0) is 0 Å². The summed E-state index contributed by atoms with van der Waals surface area (Å²) in [6.45, 7) is 9.37. The van der Waals surface area contributed by atoms with E-state index in [9.17, 15) is 0 Å². The van der Waals surface area contributed by atoms with Gasteiger partial charge in [0.2, 0.25) is 0 Å². The fraction of sp³-hybridized carbons (Fsp3) is 0.950. The molecule has 2 atom stereocenters. The van der Waals surface area contributed by atoms with Crippen LogP contribution in [0.5, 0.6) is 0 Å². The summed E-state index contributed by atoms with van der Waals surface area (Å²) in [6.07, 6.45) is 21.1. The summed E-state index contributed by atoms with van der Waals surface area (Å²) in [5, 5.41) is 0. The van der Waals surface area contributed by atoms with E-state index in [1.54, 1.807) is 0 Å². The van der Waals surface area contributed by atoms with Gasteiger partial charge in [-0.3, -0.25) is 0 Å². The van der Waals surface area contributed by atoms with E-state index >= 15 is 0 Å². The highest BCUT2D eigenvalue weighted by Gasteiger charge is 2.13. The van der Waals surface area contributed by atoms with Gasteiger partial charge in [-0.2, -0.15) is 0 Å². The van der Waals surface area contributed by atoms with Crippen LogP contribution >= 0.6 is 0 Å². The summed E-state index contributed by atoms with van der Waals surface area (Å²) >= 11 is 0. The third-order valence-corrected chi connectivity index (χ3v) is 4.47. The molecule has 0 N–H and O–H groups in total. The standard InChI is InChI=1S/C20H41/c1-5-8-11-13-15-19(4)18-20(16-10-7-3)17-14-12-9-6-2/h18-20H,5-17H2,1-4H3. The van der Waals surface area contributed by atoms with Gasteiger partial charge >= 0.3 is 0 Å². The minimum absolute atomic E-state index is 0.833. The van der Waals surface area contributed by atoms with Crippen molar-refractivity contribution in [1.82, 2.24) is 0 Å². The summed E-state index contributed by atoms with van der Waals surface area (Å²) in [5.74, 6) is 1.73. The van der Waals surface area contributed by atoms with Crippen molar-refractivity contribution in [3.8, 4) is 0 Å². The summed E-state index contributed by atoms with van der Waals surface area (Å²) in [4.78, 5) is 0. The van der Waals surface area contributed by atoms with E-state index in [1.807, 2.05) is 0 Å². The Bertz CT molecular complexity index is 173. The van der Waals surface area contributed by atoms with Gasteiger partial charge in [-0.05, 0) is 18.3 Å². The van der Waals surface area contributed by atoms with Crippen molar-refractivity contribution in [2.45, 2.75) is 111 Å². The molecule has 20 heavy (non-hydrogen) atoms. The normalized spacial score (nSPS) is 14.4. The van der Waals surface area contributed by atoms with E-state index in [-0.39, 0.29) is 0 Å². The van der Waals surface area contributed by atoms with Crippen LogP contribution in [-0.4, -0.2) is 0 Å². The van der Waals surface area contributed by atoms with Crippen molar-refractivity contribution < 1.29 is 0 Å². The number of rotatable bonds is 15. The molecule has 1 radical (unpaired) electrons. The lowest BCUT2D eigenvalue weighted by atomic mass is 9.85. The molecule has 0 saturated carbocycles. The molecule has 0 aromatic heterocycles. The molecule has 2 unspecified atom stereocenters. The monoisotopic (exact) mass is 281 g/mol. The average Bonchev–Trinajstić information content (AvgIpc) is 2.45. The Morgan fingerprint density at radius 2 is 1.10 bits per heavy atom. The lowest BCUT2D eigenvalue weighted by Gasteiger charge is -2.20. The van der Waals surface area contributed by atoms with Crippen molar-refractivity contribution in [3.63, 3.8) is 0 Å². The van der Waals surface area contributed by atoms with Crippen LogP contribution in [0.4, 0.5) is 0 Å². The molecule has 0 aliphatic carbocycles. The molecule has 0 saturated heterocycles. The molecule has 0 spiro atoms. The van der Waals surface area contributed by atoms with Crippen molar-refractivity contribution in [2.24, 2.45) is 11.8 Å². The molecule has 0 aromatic rings. The molecular weight excluding hydrogens is 240 g/mol. The predicted molar refractivity (Wildman–Crippen MR) is 94.0 cm³/mol. The predicted octanol–water partition coefficient (Wildman–Crippen LogP) is 7.57. The zero-order chi connectivity index (χ0) is 15.1. The minimum Gasteiger partial charge on any atom is -0.0654 e. The van der Waals surface area contributed by atoms with Crippen molar-refractivity contribution in [1.29, 1.82) is 0 Å². The van der Waals surface area contributed by atoms with E-state index in [4.69, 9.17) is 0 Å². The van der Waals surface area contributed by atoms with Crippen LogP contribution in [0, 0.1) is 18.3 Å². The first-order valence-electron chi connectivity index (χ1n) is 9.59. The SMILES string of the molecule is CCCCCCC(C)[CH]C(CCCC)CCCCCC. The summed E-state index contributed by atoms with van der Waals surface area (Å²) in [5.41, 5.74) is 0. The topological polar surface area (TPSA) is 0 Å². The molecular formula is C20H41. The highest BCUT2D eigenvalue weighted by molar-refractivity contribution is 4.81. The van der Waals surface area contributed by atoms with Crippen LogP contribution in [0.15, 0.2) is 0 Å². The second-order valence-corrected chi connectivity index (χ2v) is 6.77. The van der Waals surface area contributed by atoms with Gasteiger partial charge in [0.05, 0.1) is 0 Å². The molecule has 0 heterocycles. The summed E-state index contributed by atoms with van der Waals surface area (Å²) in [6, 6.07) is 0. The molecule has 0 bridgehead atoms. The first-order valence-corrected chi connectivity index (χ1v) is 9.59. The number of hydrogen-bond donors (Lipinski definition) is 0. The maximum absolute atomic E-state index is 2.70. The second kappa shape index (κ2) is 15.4. The fourth-order valence-electron chi connectivity index (χ4n) is 3.09. The number of unbranched alkanes of at least 4 members (excludes halogenated alkanes) is 7. The molecule has 0 aliphatic heterocycles. The van der Waals surface area contributed by atoms with Crippen LogP contribution in [0.3, 0.4) is 0 Å². The van der Waals surface area contributed by atoms with Gasteiger partial charge < -0.3 is 0 Å². The summed E-state index contributed by atoms with van der Waals surface area (Å²) < 4.78 is 0. The van der Waals surface area contributed by atoms with Crippen LogP contribution in [0.25, 0.3) is 0 Å². The van der Waals surface area contributed by atoms with Gasteiger partial charge in [0.25, 0.3) is 0 Å². The highest BCUT2D eigenvalue weighted by atomic mass is 14.2. The van der Waals surface area contributed by atoms with Gasteiger partial charge in [0.1, 0.15) is 0 Å². The van der Waals surface area contributed by atoms with Gasteiger partial charge in [-0.25, -0.2) is 0 Å². The minimum atomic E-state index is 0.833. The Balaban J connectivity index is 3.81. The van der Waals surface area contributed by atoms with Crippen molar-refractivity contribution in [3.05, 3.63) is 6.42 Å². The average molecular weight is 282 g/mol. The molecule has 121 valence electrons. The maximum Gasteiger partial charge on any atom is -0.0326 e. The first kappa shape index (κ1) is 20.0. The second-order valence-electron chi connectivity index (χ2n) is 6.77. The lowest BCUT2D eigenvalue weighted by molar-refractivity contribution is 0.403. The van der Waals surface area contributed by atoms with Gasteiger partial charge in [-0.15, -0.1) is 0 Å². The van der Waals surface area contributed by atoms with E-state index in [0.29, 0.717) is 0 Å². The molecule has 0 aromatic carbocycles. The van der Waals surface area contributed by atoms with E-state index in [2.05, 4.69) is 34.1 Å². The van der Waals surface area contributed by atoms with Gasteiger partial charge in [-0.1, -0.05) is 111 Å². The van der Waals surface area contributed by atoms with E-state index in [1.165, 1.54) is 83.5 Å². The number of hydrogen-bond acceptors (Lipinski definition) is 0. The molecule has 0 aliphatic rings. The Labute approximate surface area is 130 Å². The molecule has 0 fully saturated rings. The third kappa shape index (κ3) is 13.0. The summed E-state index contributed by atoms with van der Waals surface area (Å²) in [7, 11) is 0. The van der Waals surface area contributed by atoms with Gasteiger partial charge in [0.15, 0.2) is 0 Å². The zero-order valence-electron chi connectivity index (χ0n) is 14.9. The van der Waals surface area contributed by atoms with E-state index < -0.39 is 0 Å². The van der Waals surface area contributed by atoms with Crippen LogP contribution < -0.4 is 0 Å². The Hall–Kier alpha value is 0. The Kier molecular flexibility index (Phi) is 15.4. The lowest BCUT2D eigenvalue weighted by Crippen LogP contribution is -2.08. The molecule has 0 amide bonds. The third-order valence-electron chi connectivity index (χ3n) is 4.47. The van der Waals surface area contributed by atoms with Crippen molar-refractivity contribution >= 4 is 0 Å². The fourth-order valence-corrected chi connectivity index (χ4v) is 3.09. The zero-order valence-corrected chi connectivity index (χ0v) is 14.9.